The minimum Gasteiger partial charge on any atom is -0.361 e. The highest BCUT2D eigenvalue weighted by atomic mass is 16.5. The van der Waals surface area contributed by atoms with Crippen LogP contribution in [-0.2, 0) is 6.54 Å². The molecular weight excluding hydrogens is 304 g/mol. The van der Waals surface area contributed by atoms with Gasteiger partial charge in [0.15, 0.2) is 5.82 Å². The minimum atomic E-state index is -0.172. The van der Waals surface area contributed by atoms with E-state index in [-0.39, 0.29) is 12.5 Å². The number of nitrogens with zero attached hydrogens (tertiary/aromatic N) is 2. The molecule has 0 unspecified atom stereocenters. The first-order valence-corrected chi connectivity index (χ1v) is 7.53. The van der Waals surface area contributed by atoms with E-state index in [0.29, 0.717) is 17.3 Å². The van der Waals surface area contributed by atoms with Gasteiger partial charge in [0.1, 0.15) is 0 Å². The van der Waals surface area contributed by atoms with Crippen LogP contribution >= 0.6 is 0 Å². The maximum Gasteiger partial charge on any atom is 0.258 e. The summed E-state index contributed by atoms with van der Waals surface area (Å²) in [6, 6.07) is 16.8. The number of hydrogen-bond donors (Lipinski definition) is 2. The highest BCUT2D eigenvalue weighted by Gasteiger charge is 2.13. The maximum atomic E-state index is 12.0. The third-order valence-electron chi connectivity index (χ3n) is 3.74. The minimum absolute atomic E-state index is 0.172. The standard InChI is InChI=1S/C18H14N4O2/c23-17(12-5-2-1-3-6-12)20-11-16-21-18(24-22-16)14-7-4-8-15-13(14)9-10-19-15/h1-10,19H,11H2,(H,20,23). The predicted molar refractivity (Wildman–Crippen MR) is 89.2 cm³/mol. The largest absolute Gasteiger partial charge is 0.361 e. The van der Waals surface area contributed by atoms with Gasteiger partial charge in [0, 0.05) is 28.2 Å². The predicted octanol–water partition coefficient (Wildman–Crippen LogP) is 3.15. The van der Waals surface area contributed by atoms with Gasteiger partial charge in [-0.25, -0.2) is 0 Å². The Morgan fingerprint density at radius 1 is 1.08 bits per heavy atom. The number of aromatic amines is 1. The fourth-order valence-electron chi connectivity index (χ4n) is 2.56. The van der Waals surface area contributed by atoms with Crippen molar-refractivity contribution in [3.63, 3.8) is 0 Å². The fourth-order valence-corrected chi connectivity index (χ4v) is 2.56. The van der Waals surface area contributed by atoms with Crippen LogP contribution in [0, 0.1) is 0 Å². The molecule has 2 N–H and O–H groups in total. The summed E-state index contributed by atoms with van der Waals surface area (Å²) < 4.78 is 5.34. The lowest BCUT2D eigenvalue weighted by molar-refractivity contribution is 0.0949. The van der Waals surface area contributed by atoms with Gasteiger partial charge in [0.25, 0.3) is 11.8 Å². The first-order chi connectivity index (χ1) is 11.8. The molecule has 0 aliphatic carbocycles. The summed E-state index contributed by atoms with van der Waals surface area (Å²) in [7, 11) is 0. The quantitative estimate of drug-likeness (QED) is 0.605. The lowest BCUT2D eigenvalue weighted by Crippen LogP contribution is -2.23. The Morgan fingerprint density at radius 3 is 2.83 bits per heavy atom. The molecule has 0 saturated heterocycles. The van der Waals surface area contributed by atoms with Crippen molar-refractivity contribution >= 4 is 16.8 Å². The van der Waals surface area contributed by atoms with E-state index in [1.54, 1.807) is 12.1 Å². The molecule has 0 bridgehead atoms. The summed E-state index contributed by atoms with van der Waals surface area (Å²) in [5, 5.41) is 7.74. The van der Waals surface area contributed by atoms with Crippen molar-refractivity contribution in [1.29, 1.82) is 0 Å². The van der Waals surface area contributed by atoms with Gasteiger partial charge in [-0.05, 0) is 30.3 Å². The van der Waals surface area contributed by atoms with Gasteiger partial charge in [-0.3, -0.25) is 4.79 Å². The lowest BCUT2D eigenvalue weighted by Gasteiger charge is -2.01. The SMILES string of the molecule is O=C(NCc1noc(-c2cccc3[nH]ccc23)n1)c1ccccc1. The number of carbonyl (C=O) groups excluding carboxylic acids is 1. The molecule has 0 aliphatic rings. The van der Waals surface area contributed by atoms with Crippen LogP contribution in [0.1, 0.15) is 16.2 Å². The van der Waals surface area contributed by atoms with Crippen LogP contribution < -0.4 is 5.32 Å². The maximum absolute atomic E-state index is 12.0. The second kappa shape index (κ2) is 6.00. The first-order valence-electron chi connectivity index (χ1n) is 7.53. The Kier molecular flexibility index (Phi) is 3.55. The number of rotatable bonds is 4. The van der Waals surface area contributed by atoms with Crippen molar-refractivity contribution in [1.82, 2.24) is 20.4 Å². The summed E-state index contributed by atoms with van der Waals surface area (Å²) in [5.41, 5.74) is 2.46. The van der Waals surface area contributed by atoms with Gasteiger partial charge in [-0.2, -0.15) is 4.98 Å². The molecule has 6 heteroatoms. The number of benzene rings is 2. The zero-order chi connectivity index (χ0) is 16.4. The molecule has 2 aromatic heterocycles. The Balaban J connectivity index is 1.51. The molecule has 2 aromatic carbocycles. The molecule has 1 amide bonds. The average Bonchev–Trinajstić information content (AvgIpc) is 3.29. The summed E-state index contributed by atoms with van der Waals surface area (Å²) in [4.78, 5) is 19.6. The zero-order valence-corrected chi connectivity index (χ0v) is 12.7. The van der Waals surface area contributed by atoms with Crippen molar-refractivity contribution in [2.75, 3.05) is 0 Å². The highest BCUT2D eigenvalue weighted by Crippen LogP contribution is 2.26. The molecular formula is C18H14N4O2. The highest BCUT2D eigenvalue weighted by molar-refractivity contribution is 5.94. The normalized spacial score (nSPS) is 10.8. The van der Waals surface area contributed by atoms with Crippen LogP contribution in [-0.4, -0.2) is 21.0 Å². The topological polar surface area (TPSA) is 83.8 Å². The first kappa shape index (κ1) is 14.2. The molecule has 0 aliphatic heterocycles. The van der Waals surface area contributed by atoms with E-state index < -0.39 is 0 Å². The van der Waals surface area contributed by atoms with E-state index in [2.05, 4.69) is 20.4 Å². The van der Waals surface area contributed by atoms with E-state index in [0.717, 1.165) is 16.5 Å². The molecule has 118 valence electrons. The molecule has 0 atom stereocenters. The van der Waals surface area contributed by atoms with Gasteiger partial charge in [0.2, 0.25) is 0 Å². The molecule has 0 saturated carbocycles. The van der Waals surface area contributed by atoms with Gasteiger partial charge >= 0.3 is 0 Å². The Hall–Kier alpha value is -3.41. The van der Waals surface area contributed by atoms with Crippen LogP contribution in [0.25, 0.3) is 22.4 Å². The molecule has 2 heterocycles. The summed E-state index contributed by atoms with van der Waals surface area (Å²) in [5.74, 6) is 0.695. The van der Waals surface area contributed by atoms with Crippen LogP contribution in [0.3, 0.4) is 0 Å². The van der Waals surface area contributed by atoms with Gasteiger partial charge < -0.3 is 14.8 Å². The van der Waals surface area contributed by atoms with Crippen LogP contribution in [0.15, 0.2) is 65.3 Å². The fraction of sp³-hybridized carbons (Fsp3) is 0.0556. The summed E-state index contributed by atoms with van der Waals surface area (Å²) in [6.45, 7) is 0.209. The second-order valence-electron chi connectivity index (χ2n) is 5.31. The average molecular weight is 318 g/mol. The molecule has 4 rings (SSSR count). The van der Waals surface area contributed by atoms with Crippen LogP contribution in [0.4, 0.5) is 0 Å². The number of nitrogens with one attached hydrogen (secondary N) is 2. The third-order valence-corrected chi connectivity index (χ3v) is 3.74. The second-order valence-corrected chi connectivity index (χ2v) is 5.31. The number of aromatic nitrogens is 3. The molecule has 0 radical (unpaired) electrons. The van der Waals surface area contributed by atoms with E-state index in [4.69, 9.17) is 4.52 Å². The number of amides is 1. The van der Waals surface area contributed by atoms with E-state index in [9.17, 15) is 4.79 Å². The lowest BCUT2D eigenvalue weighted by atomic mass is 10.1. The van der Waals surface area contributed by atoms with E-state index in [1.807, 2.05) is 48.7 Å². The van der Waals surface area contributed by atoms with E-state index in [1.165, 1.54) is 0 Å². The Morgan fingerprint density at radius 2 is 1.96 bits per heavy atom. The molecule has 0 spiro atoms. The van der Waals surface area contributed by atoms with Crippen molar-refractivity contribution in [2.45, 2.75) is 6.54 Å². The zero-order valence-electron chi connectivity index (χ0n) is 12.7. The summed E-state index contributed by atoms with van der Waals surface area (Å²) in [6.07, 6.45) is 1.87. The van der Waals surface area contributed by atoms with E-state index >= 15 is 0 Å². The number of H-pyrrole nitrogens is 1. The van der Waals surface area contributed by atoms with Crippen molar-refractivity contribution < 1.29 is 9.32 Å². The van der Waals surface area contributed by atoms with Gasteiger partial charge in [-0.15, -0.1) is 0 Å². The van der Waals surface area contributed by atoms with Gasteiger partial charge in [-0.1, -0.05) is 29.4 Å². The Labute approximate surface area is 137 Å². The molecule has 24 heavy (non-hydrogen) atoms. The van der Waals surface area contributed by atoms with Crippen molar-refractivity contribution in [3.05, 3.63) is 72.2 Å². The number of carbonyl (C=O) groups is 1. The smallest absolute Gasteiger partial charge is 0.258 e. The molecule has 0 fully saturated rings. The number of fused-ring (bicyclic) bond motifs is 1. The van der Waals surface area contributed by atoms with Crippen molar-refractivity contribution in [3.8, 4) is 11.5 Å². The van der Waals surface area contributed by atoms with Crippen molar-refractivity contribution in [2.24, 2.45) is 0 Å². The Bertz CT molecular complexity index is 988. The third kappa shape index (κ3) is 2.65. The molecule has 6 nitrogen and oxygen atoms in total. The monoisotopic (exact) mass is 318 g/mol. The molecule has 4 aromatic rings. The van der Waals surface area contributed by atoms with Gasteiger partial charge in [0.05, 0.1) is 6.54 Å². The van der Waals surface area contributed by atoms with Crippen LogP contribution in [0.5, 0.6) is 0 Å². The van der Waals surface area contributed by atoms with Crippen LogP contribution in [0.2, 0.25) is 0 Å². The summed E-state index contributed by atoms with van der Waals surface area (Å²) >= 11 is 0. The number of hydrogen-bond acceptors (Lipinski definition) is 4.